The van der Waals surface area contributed by atoms with E-state index < -0.39 is 0 Å². The molecule has 2 heterocycles. The van der Waals surface area contributed by atoms with E-state index in [1.165, 1.54) is 15.7 Å². The van der Waals surface area contributed by atoms with Gasteiger partial charge in [-0.1, -0.05) is 0 Å². The van der Waals surface area contributed by atoms with Gasteiger partial charge in [0.25, 0.3) is 0 Å². The average Bonchev–Trinajstić information content (AvgIpc) is 2.55. The minimum atomic E-state index is 0.551. The molecule has 0 amide bonds. The number of hydrogen-bond donors (Lipinski definition) is 1. The standard InChI is InChI=1S/C9H9NSe/c1-7-4-5-10-9(7)8-3-2-6-11-8/h2-6,10H,1H3. The fourth-order valence-electron chi connectivity index (χ4n) is 1.13. The summed E-state index contributed by atoms with van der Waals surface area (Å²) < 4.78 is 1.46. The van der Waals surface area contributed by atoms with Crippen molar-refractivity contribution in [2.24, 2.45) is 0 Å². The Morgan fingerprint density at radius 1 is 1.36 bits per heavy atom. The van der Waals surface area contributed by atoms with E-state index in [4.69, 9.17) is 0 Å². The summed E-state index contributed by atoms with van der Waals surface area (Å²) in [4.78, 5) is 5.49. The molecule has 0 fully saturated rings. The topological polar surface area (TPSA) is 15.8 Å². The van der Waals surface area contributed by atoms with Crippen LogP contribution in [0.1, 0.15) is 5.56 Å². The third-order valence-electron chi connectivity index (χ3n) is 1.72. The van der Waals surface area contributed by atoms with Crippen LogP contribution in [0.5, 0.6) is 0 Å². The Bertz CT molecular complexity index is 332. The van der Waals surface area contributed by atoms with Gasteiger partial charge in [0.1, 0.15) is 0 Å². The average molecular weight is 210 g/mol. The van der Waals surface area contributed by atoms with E-state index in [0.717, 1.165) is 0 Å². The fourth-order valence-corrected chi connectivity index (χ4v) is 2.81. The first kappa shape index (κ1) is 6.96. The second-order valence-corrected chi connectivity index (χ2v) is 4.50. The van der Waals surface area contributed by atoms with Gasteiger partial charge in [-0.2, -0.15) is 0 Å². The molecule has 2 aromatic rings. The van der Waals surface area contributed by atoms with Crippen LogP contribution in [0.15, 0.2) is 29.3 Å². The molecule has 0 spiro atoms. The Morgan fingerprint density at radius 3 is 2.82 bits per heavy atom. The van der Waals surface area contributed by atoms with Crippen molar-refractivity contribution in [3.63, 3.8) is 0 Å². The summed E-state index contributed by atoms with van der Waals surface area (Å²) in [5.74, 6) is 0. The van der Waals surface area contributed by atoms with Gasteiger partial charge < -0.3 is 0 Å². The summed E-state index contributed by atoms with van der Waals surface area (Å²) in [5, 5.41) is 0. The summed E-state index contributed by atoms with van der Waals surface area (Å²) in [6.07, 6.45) is 2.00. The van der Waals surface area contributed by atoms with Crippen LogP contribution in [-0.2, 0) is 0 Å². The van der Waals surface area contributed by atoms with Gasteiger partial charge in [0.15, 0.2) is 0 Å². The third-order valence-corrected chi connectivity index (χ3v) is 3.58. The first-order chi connectivity index (χ1) is 5.38. The SMILES string of the molecule is Cc1cc[nH]c1-c1ccc[se]1. The van der Waals surface area contributed by atoms with Crippen LogP contribution in [0, 0.1) is 6.92 Å². The molecule has 2 rings (SSSR count). The first-order valence-electron chi connectivity index (χ1n) is 3.56. The van der Waals surface area contributed by atoms with E-state index in [-0.39, 0.29) is 0 Å². The van der Waals surface area contributed by atoms with Crippen molar-refractivity contribution in [3.05, 3.63) is 34.9 Å². The van der Waals surface area contributed by atoms with Crippen molar-refractivity contribution in [1.29, 1.82) is 0 Å². The zero-order valence-corrected chi connectivity index (χ0v) is 8.01. The molecule has 0 aliphatic rings. The predicted molar refractivity (Wildman–Crippen MR) is 47.9 cm³/mol. The van der Waals surface area contributed by atoms with Gasteiger partial charge in [0, 0.05) is 0 Å². The molecule has 11 heavy (non-hydrogen) atoms. The molecule has 0 saturated heterocycles. The molecule has 56 valence electrons. The Labute approximate surface area is 71.8 Å². The monoisotopic (exact) mass is 211 g/mol. The van der Waals surface area contributed by atoms with Crippen molar-refractivity contribution in [2.75, 3.05) is 0 Å². The summed E-state index contributed by atoms with van der Waals surface area (Å²) in [7, 11) is 0. The summed E-state index contributed by atoms with van der Waals surface area (Å²) >= 11 is 0.551. The molecular formula is C9H9NSe. The van der Waals surface area contributed by atoms with Gasteiger partial charge in [-0.3, -0.25) is 0 Å². The molecule has 0 atom stereocenters. The first-order valence-corrected chi connectivity index (χ1v) is 5.40. The molecular weight excluding hydrogens is 201 g/mol. The molecule has 0 radical (unpaired) electrons. The van der Waals surface area contributed by atoms with E-state index in [2.05, 4.69) is 35.0 Å². The van der Waals surface area contributed by atoms with E-state index in [9.17, 15) is 0 Å². The zero-order chi connectivity index (χ0) is 7.68. The van der Waals surface area contributed by atoms with E-state index in [1.54, 1.807) is 0 Å². The van der Waals surface area contributed by atoms with Gasteiger partial charge in [0.05, 0.1) is 0 Å². The number of H-pyrrole nitrogens is 1. The minimum absolute atomic E-state index is 0.551. The molecule has 0 aliphatic carbocycles. The Balaban J connectivity index is 2.53. The van der Waals surface area contributed by atoms with Gasteiger partial charge in [0.2, 0.25) is 0 Å². The molecule has 1 nitrogen and oxygen atoms in total. The molecule has 2 aromatic heterocycles. The molecule has 0 saturated carbocycles. The van der Waals surface area contributed by atoms with Crippen molar-refractivity contribution < 1.29 is 0 Å². The molecule has 2 heteroatoms. The number of aromatic amines is 1. The van der Waals surface area contributed by atoms with Gasteiger partial charge in [-0.15, -0.1) is 0 Å². The van der Waals surface area contributed by atoms with Crippen LogP contribution < -0.4 is 0 Å². The number of aromatic nitrogens is 1. The number of hydrogen-bond acceptors (Lipinski definition) is 0. The zero-order valence-electron chi connectivity index (χ0n) is 6.29. The number of aryl methyl sites for hydroxylation is 1. The predicted octanol–water partition coefficient (Wildman–Crippen LogP) is 2.05. The van der Waals surface area contributed by atoms with Gasteiger partial charge >= 0.3 is 71.4 Å². The van der Waals surface area contributed by atoms with Crippen LogP contribution in [0.2, 0.25) is 0 Å². The summed E-state index contributed by atoms with van der Waals surface area (Å²) in [6.45, 7) is 2.14. The quantitative estimate of drug-likeness (QED) is 0.693. The van der Waals surface area contributed by atoms with Crippen molar-refractivity contribution in [2.45, 2.75) is 6.92 Å². The van der Waals surface area contributed by atoms with E-state index >= 15 is 0 Å². The Hall–Kier alpha value is -0.721. The van der Waals surface area contributed by atoms with Gasteiger partial charge in [-0.05, 0) is 0 Å². The summed E-state index contributed by atoms with van der Waals surface area (Å²) in [5.41, 5.74) is 2.66. The van der Waals surface area contributed by atoms with Crippen LogP contribution >= 0.6 is 0 Å². The fraction of sp³-hybridized carbons (Fsp3) is 0.111. The van der Waals surface area contributed by atoms with Crippen molar-refractivity contribution >= 4 is 14.5 Å². The third kappa shape index (κ3) is 1.20. The molecule has 1 N–H and O–H groups in total. The van der Waals surface area contributed by atoms with Crippen LogP contribution in [-0.4, -0.2) is 19.5 Å². The number of nitrogens with one attached hydrogen (secondary N) is 1. The van der Waals surface area contributed by atoms with Crippen LogP contribution in [0.3, 0.4) is 0 Å². The normalized spacial score (nSPS) is 10.3. The van der Waals surface area contributed by atoms with E-state index in [1.807, 2.05) is 6.20 Å². The molecule has 0 unspecified atom stereocenters. The maximum absolute atomic E-state index is 3.25. The van der Waals surface area contributed by atoms with Gasteiger partial charge in [-0.25, -0.2) is 0 Å². The van der Waals surface area contributed by atoms with E-state index in [0.29, 0.717) is 14.5 Å². The van der Waals surface area contributed by atoms with Crippen molar-refractivity contribution in [1.82, 2.24) is 4.98 Å². The Kier molecular flexibility index (Phi) is 1.72. The van der Waals surface area contributed by atoms with Crippen molar-refractivity contribution in [3.8, 4) is 10.1 Å². The number of rotatable bonds is 1. The second kappa shape index (κ2) is 2.72. The molecule has 0 aliphatic heterocycles. The second-order valence-electron chi connectivity index (χ2n) is 2.51. The van der Waals surface area contributed by atoms with Crippen LogP contribution in [0.4, 0.5) is 0 Å². The molecule has 0 bridgehead atoms. The maximum atomic E-state index is 3.25. The summed E-state index contributed by atoms with van der Waals surface area (Å²) in [6, 6.07) is 6.44. The Morgan fingerprint density at radius 2 is 2.27 bits per heavy atom. The van der Waals surface area contributed by atoms with Crippen LogP contribution in [0.25, 0.3) is 10.1 Å². The molecule has 0 aromatic carbocycles.